The Morgan fingerprint density at radius 1 is 1.50 bits per heavy atom. The van der Waals surface area contributed by atoms with Gasteiger partial charge in [0, 0.05) is 6.54 Å². The minimum Gasteiger partial charge on any atom is -0.444 e. The number of alkyl carbamates (subject to hydrolysis) is 1. The van der Waals surface area contributed by atoms with Crippen molar-refractivity contribution >= 4 is 6.09 Å². The van der Waals surface area contributed by atoms with Gasteiger partial charge in [0.2, 0.25) is 0 Å². The van der Waals surface area contributed by atoms with Crippen LogP contribution in [0, 0.1) is 11.8 Å². The molecule has 0 aromatic heterocycles. The Labute approximate surface area is 98.1 Å². The molecule has 1 aliphatic heterocycles. The number of nitrogens with one attached hydrogen (secondary N) is 2. The highest BCUT2D eigenvalue weighted by Gasteiger charge is 2.22. The van der Waals surface area contributed by atoms with E-state index in [0.717, 1.165) is 26.1 Å². The molecule has 1 amide bonds. The molecule has 4 heteroatoms. The molecule has 1 fully saturated rings. The van der Waals surface area contributed by atoms with Gasteiger partial charge in [0.25, 0.3) is 0 Å². The highest BCUT2D eigenvalue weighted by atomic mass is 16.6. The van der Waals surface area contributed by atoms with Gasteiger partial charge < -0.3 is 15.4 Å². The first-order valence-electron chi connectivity index (χ1n) is 6.06. The van der Waals surface area contributed by atoms with Crippen molar-refractivity contribution in [1.29, 1.82) is 0 Å². The molecule has 1 saturated heterocycles. The topological polar surface area (TPSA) is 50.4 Å². The number of carbonyl (C=O) groups excluding carboxylic acids is 1. The minimum atomic E-state index is -0.413. The Bertz CT molecular complexity index is 236. The first kappa shape index (κ1) is 13.3. The molecule has 94 valence electrons. The number of carbonyl (C=O) groups is 1. The summed E-state index contributed by atoms with van der Waals surface area (Å²) in [5, 5.41) is 6.20. The van der Waals surface area contributed by atoms with Crippen molar-refractivity contribution in [3.05, 3.63) is 0 Å². The van der Waals surface area contributed by atoms with Crippen LogP contribution in [0.3, 0.4) is 0 Å². The quantitative estimate of drug-likeness (QED) is 0.757. The van der Waals surface area contributed by atoms with Crippen LogP contribution in [0.25, 0.3) is 0 Å². The van der Waals surface area contributed by atoms with Crippen LogP contribution in [-0.2, 0) is 4.74 Å². The molecule has 0 radical (unpaired) electrons. The Hall–Kier alpha value is -0.770. The highest BCUT2D eigenvalue weighted by molar-refractivity contribution is 5.67. The van der Waals surface area contributed by atoms with Gasteiger partial charge in [-0.25, -0.2) is 4.79 Å². The molecule has 0 aromatic rings. The average molecular weight is 228 g/mol. The summed E-state index contributed by atoms with van der Waals surface area (Å²) in [5.74, 6) is 1.18. The molecular formula is C12H24N2O2. The van der Waals surface area contributed by atoms with Crippen LogP contribution in [-0.4, -0.2) is 31.3 Å². The van der Waals surface area contributed by atoms with Crippen LogP contribution in [0.2, 0.25) is 0 Å². The minimum absolute atomic E-state index is 0.307. The summed E-state index contributed by atoms with van der Waals surface area (Å²) in [5.41, 5.74) is -0.413. The predicted molar refractivity (Wildman–Crippen MR) is 64.4 cm³/mol. The van der Waals surface area contributed by atoms with E-state index in [1.54, 1.807) is 0 Å². The molecular weight excluding hydrogens is 204 g/mol. The number of amides is 1. The molecule has 0 unspecified atom stereocenters. The van der Waals surface area contributed by atoms with Crippen molar-refractivity contribution in [2.45, 2.75) is 39.7 Å². The summed E-state index contributed by atoms with van der Waals surface area (Å²) in [4.78, 5) is 11.5. The standard InChI is InChI=1S/C12H24N2O2/c1-9-7-13-6-5-10(9)8-14-11(15)16-12(2,3)4/h9-10,13H,5-8H2,1-4H3,(H,14,15)/t9-,10+/m0/s1. The van der Waals surface area contributed by atoms with Crippen molar-refractivity contribution in [3.8, 4) is 0 Å². The lowest BCUT2D eigenvalue weighted by atomic mass is 9.88. The molecule has 1 aliphatic rings. The summed E-state index contributed by atoms with van der Waals surface area (Å²) in [7, 11) is 0. The van der Waals surface area contributed by atoms with E-state index in [0.29, 0.717) is 11.8 Å². The van der Waals surface area contributed by atoms with E-state index in [1.165, 1.54) is 0 Å². The van der Waals surface area contributed by atoms with E-state index < -0.39 is 5.60 Å². The van der Waals surface area contributed by atoms with Crippen molar-refractivity contribution in [2.75, 3.05) is 19.6 Å². The van der Waals surface area contributed by atoms with Gasteiger partial charge in [-0.15, -0.1) is 0 Å². The summed E-state index contributed by atoms with van der Waals surface area (Å²) in [6.07, 6.45) is 0.815. The average Bonchev–Trinajstić information content (AvgIpc) is 2.14. The van der Waals surface area contributed by atoms with E-state index in [2.05, 4.69) is 17.6 Å². The van der Waals surface area contributed by atoms with E-state index in [1.807, 2.05) is 20.8 Å². The van der Waals surface area contributed by atoms with Crippen LogP contribution < -0.4 is 10.6 Å². The normalized spacial score (nSPS) is 26.2. The number of ether oxygens (including phenoxy) is 1. The van der Waals surface area contributed by atoms with Crippen LogP contribution in [0.1, 0.15) is 34.1 Å². The third-order valence-corrected chi connectivity index (χ3v) is 2.87. The largest absolute Gasteiger partial charge is 0.444 e. The van der Waals surface area contributed by atoms with Gasteiger partial charge in [0.1, 0.15) is 5.60 Å². The Morgan fingerprint density at radius 2 is 2.19 bits per heavy atom. The maximum absolute atomic E-state index is 11.5. The molecule has 0 spiro atoms. The van der Waals surface area contributed by atoms with Crippen molar-refractivity contribution < 1.29 is 9.53 Å². The van der Waals surface area contributed by atoms with Gasteiger partial charge >= 0.3 is 6.09 Å². The van der Waals surface area contributed by atoms with Crippen molar-refractivity contribution in [1.82, 2.24) is 10.6 Å². The zero-order valence-electron chi connectivity index (χ0n) is 10.8. The van der Waals surface area contributed by atoms with E-state index in [9.17, 15) is 4.79 Å². The molecule has 1 heterocycles. The third-order valence-electron chi connectivity index (χ3n) is 2.87. The summed E-state index contributed by atoms with van der Waals surface area (Å²) in [6.45, 7) is 10.6. The molecule has 1 rings (SSSR count). The molecule has 0 bridgehead atoms. The van der Waals surface area contributed by atoms with Gasteiger partial charge in [0.15, 0.2) is 0 Å². The number of piperidine rings is 1. The Morgan fingerprint density at radius 3 is 2.75 bits per heavy atom. The molecule has 2 atom stereocenters. The van der Waals surface area contributed by atoms with E-state index >= 15 is 0 Å². The van der Waals surface area contributed by atoms with Gasteiger partial charge in [-0.05, 0) is 52.1 Å². The maximum Gasteiger partial charge on any atom is 0.407 e. The lowest BCUT2D eigenvalue weighted by Crippen LogP contribution is -2.42. The second-order valence-electron chi connectivity index (χ2n) is 5.61. The number of hydrogen-bond donors (Lipinski definition) is 2. The van der Waals surface area contributed by atoms with Crippen LogP contribution in [0.15, 0.2) is 0 Å². The fraction of sp³-hybridized carbons (Fsp3) is 0.917. The second kappa shape index (κ2) is 5.53. The Balaban J connectivity index is 2.25. The van der Waals surface area contributed by atoms with Crippen LogP contribution in [0.4, 0.5) is 4.79 Å². The first-order valence-corrected chi connectivity index (χ1v) is 6.06. The van der Waals surface area contributed by atoms with E-state index in [4.69, 9.17) is 4.74 Å². The second-order valence-corrected chi connectivity index (χ2v) is 5.61. The SMILES string of the molecule is C[C@H]1CNCC[C@@H]1CNC(=O)OC(C)(C)C. The van der Waals surface area contributed by atoms with Gasteiger partial charge in [-0.1, -0.05) is 6.92 Å². The van der Waals surface area contributed by atoms with Gasteiger partial charge in [0.05, 0.1) is 0 Å². The van der Waals surface area contributed by atoms with Crippen LogP contribution in [0.5, 0.6) is 0 Å². The highest BCUT2D eigenvalue weighted by Crippen LogP contribution is 2.17. The fourth-order valence-corrected chi connectivity index (χ4v) is 1.90. The molecule has 0 aliphatic carbocycles. The van der Waals surface area contributed by atoms with Gasteiger partial charge in [-0.2, -0.15) is 0 Å². The zero-order chi connectivity index (χ0) is 12.2. The Kier molecular flexibility index (Phi) is 4.59. The van der Waals surface area contributed by atoms with Crippen molar-refractivity contribution in [3.63, 3.8) is 0 Å². The molecule has 0 aromatic carbocycles. The summed E-state index contributed by atoms with van der Waals surface area (Å²) < 4.78 is 5.20. The lowest BCUT2D eigenvalue weighted by molar-refractivity contribution is 0.0510. The lowest BCUT2D eigenvalue weighted by Gasteiger charge is -2.30. The fourth-order valence-electron chi connectivity index (χ4n) is 1.90. The maximum atomic E-state index is 11.5. The molecule has 0 saturated carbocycles. The van der Waals surface area contributed by atoms with Crippen LogP contribution >= 0.6 is 0 Å². The molecule has 4 nitrogen and oxygen atoms in total. The zero-order valence-corrected chi connectivity index (χ0v) is 10.8. The first-order chi connectivity index (χ1) is 7.38. The van der Waals surface area contributed by atoms with Crippen molar-refractivity contribution in [2.24, 2.45) is 11.8 Å². The summed E-state index contributed by atoms with van der Waals surface area (Å²) in [6, 6.07) is 0. The van der Waals surface area contributed by atoms with E-state index in [-0.39, 0.29) is 6.09 Å². The number of hydrogen-bond acceptors (Lipinski definition) is 3. The third kappa shape index (κ3) is 4.84. The molecule has 16 heavy (non-hydrogen) atoms. The monoisotopic (exact) mass is 228 g/mol. The van der Waals surface area contributed by atoms with Gasteiger partial charge in [-0.3, -0.25) is 0 Å². The smallest absolute Gasteiger partial charge is 0.407 e. The predicted octanol–water partition coefficient (Wildman–Crippen LogP) is 1.76. The number of rotatable bonds is 2. The summed E-state index contributed by atoms with van der Waals surface area (Å²) >= 11 is 0. The molecule has 2 N–H and O–H groups in total.